The van der Waals surface area contributed by atoms with E-state index in [1.54, 1.807) is 31.3 Å². The summed E-state index contributed by atoms with van der Waals surface area (Å²) in [5.41, 5.74) is 1.05. The van der Waals surface area contributed by atoms with Crippen LogP contribution in [0.15, 0.2) is 53.3 Å². The molecule has 0 atom stereocenters. The molecule has 6 heteroatoms. The number of nitrogens with zero attached hydrogens (tertiary/aromatic N) is 1. The summed E-state index contributed by atoms with van der Waals surface area (Å²) in [5, 5.41) is 13.0. The van der Waals surface area contributed by atoms with Gasteiger partial charge in [-0.2, -0.15) is 0 Å². The number of carbonyl (C=O) groups is 1. The summed E-state index contributed by atoms with van der Waals surface area (Å²) in [6.45, 7) is 0. The zero-order valence-corrected chi connectivity index (χ0v) is 13.2. The number of benzene rings is 2. The quantitative estimate of drug-likeness (QED) is 0.776. The first-order valence-corrected chi connectivity index (χ1v) is 7.28. The van der Waals surface area contributed by atoms with Crippen LogP contribution in [0, 0.1) is 0 Å². The highest BCUT2D eigenvalue weighted by molar-refractivity contribution is 6.12. The number of anilines is 1. The minimum atomic E-state index is -0.434. The molecular formula is C18H16N2O4. The molecule has 0 saturated heterocycles. The number of hydrogen-bond donors (Lipinski definition) is 2. The lowest BCUT2D eigenvalue weighted by atomic mass is 10.1. The van der Waals surface area contributed by atoms with Gasteiger partial charge in [-0.25, -0.2) is 0 Å². The molecule has 0 bridgehead atoms. The summed E-state index contributed by atoms with van der Waals surface area (Å²) in [6.07, 6.45) is 0. The molecule has 0 aliphatic heterocycles. The Kier molecular flexibility index (Phi) is 3.95. The van der Waals surface area contributed by atoms with Crippen LogP contribution in [0.4, 0.5) is 5.69 Å². The molecular weight excluding hydrogens is 308 g/mol. The molecule has 0 radical (unpaired) electrons. The maximum atomic E-state index is 12.6. The highest BCUT2D eigenvalue weighted by atomic mass is 16.5. The number of fused-ring (bicyclic) bond motifs is 1. The molecule has 0 aliphatic rings. The molecule has 2 N–H and O–H groups in total. The average molecular weight is 324 g/mol. The number of pyridine rings is 1. The fraction of sp³-hybridized carbons (Fsp3) is 0.111. The van der Waals surface area contributed by atoms with Crippen molar-refractivity contribution < 1.29 is 14.6 Å². The number of ether oxygens (including phenoxy) is 1. The van der Waals surface area contributed by atoms with Crippen molar-refractivity contribution in [3.05, 3.63) is 64.4 Å². The lowest BCUT2D eigenvalue weighted by molar-refractivity contribution is 0.102. The SMILES string of the molecule is COc1cc(O)cc(NC(=O)c2cc(=O)n(C)c3ccccc23)c1. The third-order valence-electron chi connectivity index (χ3n) is 3.78. The molecule has 3 rings (SSSR count). The van der Waals surface area contributed by atoms with Crippen molar-refractivity contribution in [1.29, 1.82) is 0 Å². The molecule has 0 spiro atoms. The van der Waals surface area contributed by atoms with E-state index in [0.29, 0.717) is 22.3 Å². The first kappa shape index (κ1) is 15.6. The van der Waals surface area contributed by atoms with Crippen LogP contribution in [0.1, 0.15) is 10.4 Å². The molecule has 0 unspecified atom stereocenters. The van der Waals surface area contributed by atoms with E-state index in [2.05, 4.69) is 5.32 Å². The summed E-state index contributed by atoms with van der Waals surface area (Å²) in [7, 11) is 3.13. The van der Waals surface area contributed by atoms with E-state index in [1.807, 2.05) is 6.07 Å². The van der Waals surface area contributed by atoms with Gasteiger partial charge in [-0.15, -0.1) is 0 Å². The van der Waals surface area contributed by atoms with E-state index in [0.717, 1.165) is 0 Å². The number of aromatic hydroxyl groups is 1. The van der Waals surface area contributed by atoms with Gasteiger partial charge in [0.2, 0.25) is 0 Å². The fourth-order valence-corrected chi connectivity index (χ4v) is 2.57. The molecule has 1 heterocycles. The van der Waals surface area contributed by atoms with Crippen molar-refractivity contribution in [3.63, 3.8) is 0 Å². The number of phenols is 1. The van der Waals surface area contributed by atoms with Gasteiger partial charge in [-0.1, -0.05) is 18.2 Å². The van der Waals surface area contributed by atoms with Gasteiger partial charge < -0.3 is 19.7 Å². The van der Waals surface area contributed by atoms with Crippen molar-refractivity contribution in [2.24, 2.45) is 7.05 Å². The Balaban J connectivity index is 2.05. The van der Waals surface area contributed by atoms with Crippen molar-refractivity contribution in [3.8, 4) is 11.5 Å². The summed E-state index contributed by atoms with van der Waals surface area (Å²) in [5.74, 6) is -0.0471. The normalized spacial score (nSPS) is 10.6. The topological polar surface area (TPSA) is 80.6 Å². The van der Waals surface area contributed by atoms with Crippen LogP contribution in [-0.2, 0) is 7.05 Å². The van der Waals surface area contributed by atoms with Crippen LogP contribution in [0.3, 0.4) is 0 Å². The Bertz CT molecular complexity index is 992. The second-order valence-electron chi connectivity index (χ2n) is 5.35. The zero-order valence-electron chi connectivity index (χ0n) is 13.2. The Morgan fingerprint density at radius 3 is 2.67 bits per heavy atom. The summed E-state index contributed by atoms with van der Waals surface area (Å²) < 4.78 is 6.55. The molecule has 6 nitrogen and oxygen atoms in total. The minimum Gasteiger partial charge on any atom is -0.508 e. The van der Waals surface area contributed by atoms with E-state index in [-0.39, 0.29) is 16.9 Å². The van der Waals surface area contributed by atoms with Gasteiger partial charge in [0.15, 0.2) is 0 Å². The third-order valence-corrected chi connectivity index (χ3v) is 3.78. The van der Waals surface area contributed by atoms with Crippen LogP contribution in [-0.4, -0.2) is 22.7 Å². The molecule has 0 aliphatic carbocycles. The van der Waals surface area contributed by atoms with E-state index in [9.17, 15) is 14.7 Å². The number of para-hydroxylation sites is 1. The number of aromatic nitrogens is 1. The molecule has 0 fully saturated rings. The minimum absolute atomic E-state index is 0.0292. The van der Waals surface area contributed by atoms with Gasteiger partial charge >= 0.3 is 0 Å². The number of methoxy groups -OCH3 is 1. The Hall–Kier alpha value is -3.28. The van der Waals surface area contributed by atoms with Crippen molar-refractivity contribution >= 4 is 22.5 Å². The Morgan fingerprint density at radius 2 is 1.92 bits per heavy atom. The number of carbonyl (C=O) groups excluding carboxylic acids is 1. The van der Waals surface area contributed by atoms with Gasteiger partial charge in [-0.3, -0.25) is 9.59 Å². The standard InChI is InChI=1S/C18H16N2O4/c1-20-16-6-4-3-5-14(16)15(10-17(20)22)18(23)19-11-7-12(21)9-13(8-11)24-2/h3-10,21H,1-2H3,(H,19,23). The molecule has 2 aromatic carbocycles. The van der Waals surface area contributed by atoms with Crippen molar-refractivity contribution in [2.75, 3.05) is 12.4 Å². The number of hydrogen-bond acceptors (Lipinski definition) is 4. The zero-order chi connectivity index (χ0) is 17.3. The molecule has 1 amide bonds. The van der Waals surface area contributed by atoms with E-state index >= 15 is 0 Å². The third kappa shape index (κ3) is 2.81. The van der Waals surface area contributed by atoms with Crippen LogP contribution in [0.2, 0.25) is 0 Å². The van der Waals surface area contributed by atoms with Crippen LogP contribution < -0.4 is 15.6 Å². The van der Waals surface area contributed by atoms with Crippen LogP contribution in [0.5, 0.6) is 11.5 Å². The number of aryl methyl sites for hydroxylation is 1. The van der Waals surface area contributed by atoms with Gasteiger partial charge in [0, 0.05) is 42.4 Å². The predicted molar refractivity (Wildman–Crippen MR) is 91.8 cm³/mol. The Morgan fingerprint density at radius 1 is 1.17 bits per heavy atom. The predicted octanol–water partition coefficient (Wildman–Crippen LogP) is 2.51. The van der Waals surface area contributed by atoms with Crippen LogP contribution in [0.25, 0.3) is 10.9 Å². The van der Waals surface area contributed by atoms with E-state index in [4.69, 9.17) is 4.74 Å². The van der Waals surface area contributed by atoms with Gasteiger partial charge in [0.25, 0.3) is 11.5 Å². The second kappa shape index (κ2) is 6.08. The van der Waals surface area contributed by atoms with E-state index < -0.39 is 5.91 Å². The lowest BCUT2D eigenvalue weighted by Gasteiger charge is -2.11. The average Bonchev–Trinajstić information content (AvgIpc) is 2.57. The fourth-order valence-electron chi connectivity index (χ4n) is 2.57. The summed E-state index contributed by atoms with van der Waals surface area (Å²) in [4.78, 5) is 24.7. The largest absolute Gasteiger partial charge is 0.508 e. The van der Waals surface area contributed by atoms with Crippen molar-refractivity contribution in [2.45, 2.75) is 0 Å². The summed E-state index contributed by atoms with van der Waals surface area (Å²) >= 11 is 0. The maximum absolute atomic E-state index is 12.6. The molecule has 122 valence electrons. The monoisotopic (exact) mass is 324 g/mol. The molecule has 0 saturated carbocycles. The molecule has 1 aromatic heterocycles. The molecule has 24 heavy (non-hydrogen) atoms. The van der Waals surface area contributed by atoms with E-state index in [1.165, 1.54) is 29.9 Å². The van der Waals surface area contributed by atoms with Gasteiger partial charge in [-0.05, 0) is 6.07 Å². The first-order chi connectivity index (χ1) is 11.5. The number of rotatable bonds is 3. The van der Waals surface area contributed by atoms with Crippen molar-refractivity contribution in [1.82, 2.24) is 4.57 Å². The highest BCUT2D eigenvalue weighted by Gasteiger charge is 2.14. The Labute approximate surface area is 137 Å². The first-order valence-electron chi connectivity index (χ1n) is 7.28. The maximum Gasteiger partial charge on any atom is 0.256 e. The number of nitrogens with one attached hydrogen (secondary N) is 1. The molecule has 3 aromatic rings. The van der Waals surface area contributed by atoms with Gasteiger partial charge in [0.1, 0.15) is 11.5 Å². The lowest BCUT2D eigenvalue weighted by Crippen LogP contribution is -2.21. The highest BCUT2D eigenvalue weighted by Crippen LogP contribution is 2.26. The summed E-state index contributed by atoms with van der Waals surface area (Å²) in [6, 6.07) is 12.9. The number of amides is 1. The smallest absolute Gasteiger partial charge is 0.256 e. The van der Waals surface area contributed by atoms with Gasteiger partial charge in [0.05, 0.1) is 18.2 Å². The number of phenolic OH excluding ortho intramolecular Hbond substituents is 1. The second-order valence-corrected chi connectivity index (χ2v) is 5.35. The van der Waals surface area contributed by atoms with Crippen LogP contribution >= 0.6 is 0 Å².